The number of carbonyl (C=O) groups is 2. The van der Waals surface area contributed by atoms with Crippen molar-refractivity contribution in [2.75, 3.05) is 13.2 Å². The maximum atomic E-state index is 13.7. The molecule has 0 fully saturated rings. The number of amides is 3. The monoisotopic (exact) mass is 283 g/mol. The van der Waals surface area contributed by atoms with Crippen molar-refractivity contribution in [3.05, 3.63) is 29.6 Å². The second-order valence-corrected chi connectivity index (χ2v) is 4.11. The van der Waals surface area contributed by atoms with Gasteiger partial charge in [0, 0.05) is 12.1 Å². The van der Waals surface area contributed by atoms with Gasteiger partial charge in [0.2, 0.25) is 0 Å². The fraction of sp³-hybridized carbons (Fsp3) is 0.385. The maximum Gasteiger partial charge on any atom is 0.318 e. The van der Waals surface area contributed by atoms with Crippen LogP contribution in [0.5, 0.6) is 5.75 Å². The topological polar surface area (TPSA) is 93.4 Å². The number of carbonyl (C=O) groups excluding carboxylic acids is 2. The molecule has 1 aromatic rings. The van der Waals surface area contributed by atoms with E-state index < -0.39 is 24.4 Å². The molecule has 0 heterocycles. The Balaban J connectivity index is 2.67. The van der Waals surface area contributed by atoms with Crippen LogP contribution in [0.1, 0.15) is 18.9 Å². The highest BCUT2D eigenvalue weighted by atomic mass is 19.1. The Labute approximate surface area is 116 Å². The van der Waals surface area contributed by atoms with Crippen LogP contribution in [-0.4, -0.2) is 25.1 Å². The normalized spacial score (nSPS) is 10.1. The first kappa shape index (κ1) is 15.9. The van der Waals surface area contributed by atoms with Crippen molar-refractivity contribution in [1.82, 2.24) is 10.6 Å². The highest BCUT2D eigenvalue weighted by Crippen LogP contribution is 2.22. The van der Waals surface area contributed by atoms with Crippen LogP contribution in [0.15, 0.2) is 18.2 Å². The van der Waals surface area contributed by atoms with Crippen molar-refractivity contribution < 1.29 is 18.7 Å². The van der Waals surface area contributed by atoms with Crippen molar-refractivity contribution in [2.24, 2.45) is 5.73 Å². The SMILES string of the molecule is CCCNCc1cccc(F)c1OCC(=O)NC(N)=O. The summed E-state index contributed by atoms with van der Waals surface area (Å²) in [6.45, 7) is 2.76. The van der Waals surface area contributed by atoms with Crippen LogP contribution >= 0.6 is 0 Å². The lowest BCUT2D eigenvalue weighted by Gasteiger charge is -2.12. The Morgan fingerprint density at radius 2 is 2.15 bits per heavy atom. The van der Waals surface area contributed by atoms with E-state index in [1.54, 1.807) is 12.1 Å². The molecular formula is C13H18FN3O3. The third-order valence-corrected chi connectivity index (χ3v) is 2.40. The fourth-order valence-electron chi connectivity index (χ4n) is 1.57. The second-order valence-electron chi connectivity index (χ2n) is 4.11. The average Bonchev–Trinajstić information content (AvgIpc) is 2.37. The Kier molecular flexibility index (Phi) is 6.45. The first-order valence-corrected chi connectivity index (χ1v) is 6.24. The number of nitrogens with one attached hydrogen (secondary N) is 2. The van der Waals surface area contributed by atoms with Crippen LogP contribution < -0.4 is 21.1 Å². The molecule has 0 aromatic heterocycles. The minimum absolute atomic E-state index is 0.00396. The van der Waals surface area contributed by atoms with Gasteiger partial charge in [0.25, 0.3) is 5.91 Å². The van der Waals surface area contributed by atoms with Gasteiger partial charge >= 0.3 is 6.03 Å². The van der Waals surface area contributed by atoms with Gasteiger partial charge in [-0.2, -0.15) is 0 Å². The van der Waals surface area contributed by atoms with Crippen molar-refractivity contribution in [2.45, 2.75) is 19.9 Å². The summed E-state index contributed by atoms with van der Waals surface area (Å²) < 4.78 is 18.8. The summed E-state index contributed by atoms with van der Waals surface area (Å²) in [5, 5.41) is 4.96. The Hall–Kier alpha value is -2.15. The highest BCUT2D eigenvalue weighted by molar-refractivity contribution is 5.94. The lowest BCUT2D eigenvalue weighted by molar-refractivity contribution is -0.122. The number of ether oxygens (including phenoxy) is 1. The van der Waals surface area contributed by atoms with E-state index in [1.165, 1.54) is 6.07 Å². The van der Waals surface area contributed by atoms with Crippen LogP contribution in [0.25, 0.3) is 0 Å². The molecule has 0 aliphatic heterocycles. The van der Waals surface area contributed by atoms with Gasteiger partial charge in [-0.3, -0.25) is 10.1 Å². The van der Waals surface area contributed by atoms with E-state index >= 15 is 0 Å². The molecule has 20 heavy (non-hydrogen) atoms. The number of nitrogens with two attached hydrogens (primary N) is 1. The van der Waals surface area contributed by atoms with E-state index in [9.17, 15) is 14.0 Å². The van der Waals surface area contributed by atoms with E-state index in [2.05, 4.69) is 5.32 Å². The van der Waals surface area contributed by atoms with Crippen LogP contribution in [0.3, 0.4) is 0 Å². The van der Waals surface area contributed by atoms with E-state index in [0.29, 0.717) is 12.1 Å². The molecule has 0 aliphatic carbocycles. The molecule has 0 aliphatic rings. The van der Waals surface area contributed by atoms with Gasteiger partial charge in [-0.1, -0.05) is 19.1 Å². The van der Waals surface area contributed by atoms with Crippen LogP contribution in [0.2, 0.25) is 0 Å². The number of primary amides is 1. The summed E-state index contributed by atoms with van der Waals surface area (Å²) in [6.07, 6.45) is 0.951. The lowest BCUT2D eigenvalue weighted by Crippen LogP contribution is -2.38. The smallest absolute Gasteiger partial charge is 0.318 e. The Morgan fingerprint density at radius 3 is 2.80 bits per heavy atom. The number of para-hydroxylation sites is 1. The van der Waals surface area contributed by atoms with E-state index in [-0.39, 0.29) is 5.75 Å². The minimum atomic E-state index is -0.975. The minimum Gasteiger partial charge on any atom is -0.480 e. The third kappa shape index (κ3) is 5.23. The quantitative estimate of drug-likeness (QED) is 0.648. The van der Waals surface area contributed by atoms with E-state index in [4.69, 9.17) is 10.5 Å². The Morgan fingerprint density at radius 1 is 1.40 bits per heavy atom. The first-order valence-electron chi connectivity index (χ1n) is 6.24. The molecule has 110 valence electrons. The number of benzene rings is 1. The number of halogens is 1. The zero-order chi connectivity index (χ0) is 15.0. The molecule has 3 amide bonds. The van der Waals surface area contributed by atoms with Crippen molar-refractivity contribution in [3.8, 4) is 5.75 Å². The Bertz CT molecular complexity index is 480. The van der Waals surface area contributed by atoms with Crippen LogP contribution in [0, 0.1) is 5.82 Å². The lowest BCUT2D eigenvalue weighted by atomic mass is 10.2. The summed E-state index contributed by atoms with van der Waals surface area (Å²) in [6, 6.07) is 3.53. The first-order chi connectivity index (χ1) is 9.54. The molecule has 0 radical (unpaired) electrons. The molecule has 0 saturated carbocycles. The van der Waals surface area contributed by atoms with Gasteiger partial charge < -0.3 is 15.8 Å². The molecule has 0 unspecified atom stereocenters. The molecule has 7 heteroatoms. The molecular weight excluding hydrogens is 265 g/mol. The molecule has 0 atom stereocenters. The zero-order valence-corrected chi connectivity index (χ0v) is 11.2. The largest absolute Gasteiger partial charge is 0.480 e. The zero-order valence-electron chi connectivity index (χ0n) is 11.2. The van der Waals surface area contributed by atoms with Gasteiger partial charge in [-0.25, -0.2) is 9.18 Å². The molecule has 0 bridgehead atoms. The highest BCUT2D eigenvalue weighted by Gasteiger charge is 2.12. The van der Waals surface area contributed by atoms with Crippen LogP contribution in [0.4, 0.5) is 9.18 Å². The molecule has 1 rings (SSSR count). The van der Waals surface area contributed by atoms with Crippen LogP contribution in [-0.2, 0) is 11.3 Å². The number of urea groups is 1. The standard InChI is InChI=1S/C13H18FN3O3/c1-2-6-16-7-9-4-3-5-10(14)12(9)20-8-11(18)17-13(15)19/h3-5,16H,2,6-8H2,1H3,(H3,15,17,18,19). The van der Waals surface area contributed by atoms with Gasteiger partial charge in [0.05, 0.1) is 0 Å². The van der Waals surface area contributed by atoms with E-state index in [0.717, 1.165) is 13.0 Å². The number of hydrogen-bond acceptors (Lipinski definition) is 4. The molecule has 0 saturated heterocycles. The summed E-state index contributed by atoms with van der Waals surface area (Å²) in [4.78, 5) is 21.7. The predicted molar refractivity (Wildman–Crippen MR) is 71.6 cm³/mol. The van der Waals surface area contributed by atoms with Gasteiger partial charge in [-0.15, -0.1) is 0 Å². The number of hydrogen-bond donors (Lipinski definition) is 3. The fourth-order valence-corrected chi connectivity index (χ4v) is 1.57. The van der Waals surface area contributed by atoms with Gasteiger partial charge in [0.15, 0.2) is 18.2 Å². The van der Waals surface area contributed by atoms with Crippen molar-refractivity contribution in [3.63, 3.8) is 0 Å². The summed E-state index contributed by atoms with van der Waals surface area (Å²) in [5.74, 6) is -1.29. The maximum absolute atomic E-state index is 13.7. The number of rotatable bonds is 7. The van der Waals surface area contributed by atoms with Crippen molar-refractivity contribution >= 4 is 11.9 Å². The molecule has 1 aromatic carbocycles. The van der Waals surface area contributed by atoms with Gasteiger partial charge in [-0.05, 0) is 19.0 Å². The molecule has 4 N–H and O–H groups in total. The van der Waals surface area contributed by atoms with E-state index in [1.807, 2.05) is 12.2 Å². The van der Waals surface area contributed by atoms with Gasteiger partial charge in [0.1, 0.15) is 0 Å². The molecule has 0 spiro atoms. The predicted octanol–water partition coefficient (Wildman–Crippen LogP) is 0.899. The summed E-state index contributed by atoms with van der Waals surface area (Å²) >= 11 is 0. The average molecular weight is 283 g/mol. The number of imide groups is 1. The summed E-state index contributed by atoms with van der Waals surface area (Å²) in [5.41, 5.74) is 5.39. The second kappa shape index (κ2) is 8.11. The van der Waals surface area contributed by atoms with Crippen molar-refractivity contribution in [1.29, 1.82) is 0 Å². The third-order valence-electron chi connectivity index (χ3n) is 2.40. The summed E-state index contributed by atoms with van der Waals surface area (Å²) in [7, 11) is 0. The molecule has 6 nitrogen and oxygen atoms in total.